The van der Waals surface area contributed by atoms with Gasteiger partial charge in [-0.1, -0.05) is 86.6 Å². The van der Waals surface area contributed by atoms with Gasteiger partial charge in [0.2, 0.25) is 29.5 Å². The van der Waals surface area contributed by atoms with E-state index in [9.17, 15) is 43.8 Å². The van der Waals surface area contributed by atoms with Crippen molar-refractivity contribution in [3.8, 4) is 5.75 Å². The Morgan fingerprint density at radius 1 is 0.767 bits per heavy atom. The van der Waals surface area contributed by atoms with Gasteiger partial charge in [0.05, 0.1) is 0 Å². The minimum Gasteiger partial charge on any atom is -0.508 e. The van der Waals surface area contributed by atoms with E-state index >= 15 is 0 Å². The molecule has 0 spiro atoms. The van der Waals surface area contributed by atoms with Crippen molar-refractivity contribution in [3.05, 3.63) is 102 Å². The van der Waals surface area contributed by atoms with Gasteiger partial charge in [-0.05, 0) is 73.8 Å². The van der Waals surface area contributed by atoms with E-state index in [1.54, 1.807) is 56.3 Å². The van der Waals surface area contributed by atoms with Crippen LogP contribution in [0.5, 0.6) is 5.75 Å². The fourth-order valence-electron chi connectivity index (χ4n) is 6.73. The zero-order chi connectivity index (χ0) is 43.8. The first-order valence-corrected chi connectivity index (χ1v) is 20.2. The number of likely N-dealkylation sites (N-methyl/N-ethyl adjacent to an activating group) is 1. The molecule has 0 unspecified atom stereocenters. The number of aromatic hydroxyl groups is 1. The topological polar surface area (TPSA) is 235 Å². The quantitative estimate of drug-likeness (QED) is 0.141. The Morgan fingerprint density at radius 3 is 2.00 bits per heavy atom. The Hall–Kier alpha value is -6.45. The molecule has 6 atom stereocenters. The highest BCUT2D eigenvalue weighted by atomic mass is 16.4. The van der Waals surface area contributed by atoms with Crippen LogP contribution in [0.25, 0.3) is 0 Å². The summed E-state index contributed by atoms with van der Waals surface area (Å²) in [5.74, 6) is -4.75. The average Bonchev–Trinajstić information content (AvgIpc) is 3.22. The van der Waals surface area contributed by atoms with Gasteiger partial charge in [0, 0.05) is 26.4 Å². The normalized spacial score (nSPS) is 21.9. The minimum absolute atomic E-state index is 0.0118. The van der Waals surface area contributed by atoms with Gasteiger partial charge in [-0.15, -0.1) is 0 Å². The smallest absolute Gasteiger partial charge is 0.326 e. The number of benzene rings is 3. The van der Waals surface area contributed by atoms with Crippen LogP contribution in [0.2, 0.25) is 0 Å². The maximum atomic E-state index is 14.2. The number of carboxylic acids is 1. The first-order valence-electron chi connectivity index (χ1n) is 20.2. The Labute approximate surface area is 350 Å². The second-order valence-electron chi connectivity index (χ2n) is 15.4. The molecule has 1 aliphatic heterocycles. The molecular formula is C44H57N7O9. The number of carboxylic acid groups (broad SMARTS) is 1. The number of rotatable bonds is 11. The summed E-state index contributed by atoms with van der Waals surface area (Å²) in [6.07, 6.45) is 1.26. The zero-order valence-corrected chi connectivity index (χ0v) is 34.5. The van der Waals surface area contributed by atoms with E-state index in [0.717, 1.165) is 11.1 Å². The number of phenolic OH excluding ortho intramolecular Hbond substituents is 1. The minimum atomic E-state index is -1.32. The summed E-state index contributed by atoms with van der Waals surface area (Å²) >= 11 is 0. The number of nitrogens with zero attached hydrogens (tertiary/aromatic N) is 1. The molecule has 8 N–H and O–H groups in total. The zero-order valence-electron chi connectivity index (χ0n) is 34.5. The van der Waals surface area contributed by atoms with E-state index in [0.29, 0.717) is 24.8 Å². The molecule has 0 bridgehead atoms. The predicted octanol–water partition coefficient (Wildman–Crippen LogP) is 2.19. The summed E-state index contributed by atoms with van der Waals surface area (Å²) in [5.41, 5.74) is 2.23. The van der Waals surface area contributed by atoms with Gasteiger partial charge in [0.1, 0.15) is 42.0 Å². The van der Waals surface area contributed by atoms with Crippen LogP contribution in [0, 0.1) is 5.92 Å². The van der Waals surface area contributed by atoms with Gasteiger partial charge < -0.3 is 47.0 Å². The molecule has 16 nitrogen and oxygen atoms in total. The lowest BCUT2D eigenvalue weighted by molar-refractivity contribution is -0.142. The van der Waals surface area contributed by atoms with E-state index in [2.05, 4.69) is 31.9 Å². The highest BCUT2D eigenvalue weighted by molar-refractivity contribution is 5.96. The number of nitrogens with one attached hydrogen (secondary N) is 6. The molecule has 0 aromatic heterocycles. The van der Waals surface area contributed by atoms with Crippen molar-refractivity contribution in [1.29, 1.82) is 0 Å². The second kappa shape index (κ2) is 22.6. The van der Waals surface area contributed by atoms with Crippen LogP contribution in [-0.2, 0) is 48.0 Å². The maximum absolute atomic E-state index is 14.2. The predicted molar refractivity (Wildman–Crippen MR) is 223 cm³/mol. The first kappa shape index (κ1) is 46.2. The van der Waals surface area contributed by atoms with Crippen LogP contribution < -0.4 is 31.9 Å². The molecule has 60 heavy (non-hydrogen) atoms. The lowest BCUT2D eigenvalue weighted by Gasteiger charge is -2.31. The third-order valence-electron chi connectivity index (χ3n) is 10.5. The molecule has 4 rings (SSSR count). The van der Waals surface area contributed by atoms with Gasteiger partial charge in [0.15, 0.2) is 0 Å². The van der Waals surface area contributed by atoms with Crippen LogP contribution in [0.1, 0.15) is 63.1 Å². The third kappa shape index (κ3) is 14.1. The van der Waals surface area contributed by atoms with Gasteiger partial charge >= 0.3 is 12.0 Å². The van der Waals surface area contributed by atoms with E-state index in [1.165, 1.54) is 31.0 Å². The number of amides is 7. The molecule has 3 aromatic rings. The van der Waals surface area contributed by atoms with Crippen molar-refractivity contribution in [3.63, 3.8) is 0 Å². The van der Waals surface area contributed by atoms with Gasteiger partial charge in [-0.3, -0.25) is 24.0 Å². The average molecular weight is 828 g/mol. The number of carbonyl (C=O) groups excluding carboxylic acids is 6. The fourth-order valence-corrected chi connectivity index (χ4v) is 6.73. The molecular weight excluding hydrogens is 771 g/mol. The Bertz CT molecular complexity index is 1930. The van der Waals surface area contributed by atoms with E-state index in [1.807, 2.05) is 30.3 Å². The summed E-state index contributed by atoms with van der Waals surface area (Å²) < 4.78 is 0. The van der Waals surface area contributed by atoms with Crippen LogP contribution >= 0.6 is 0 Å². The SMILES string of the molecule is CC(C)[C@H]1NC(=O)[C@@H](NC(=O)N[C@H](Cc2ccccc2)C(=O)O)CCCCNC(=O)[C@H](Cc2ccccc2)NC(=O)[C@H](C)N(C)C(=O)[C@H](CCc2ccc(O)cc2)NC1=O. The van der Waals surface area contributed by atoms with Crippen LogP contribution in [-0.4, -0.2) is 106 Å². The molecule has 7 amide bonds. The Balaban J connectivity index is 1.63. The lowest BCUT2D eigenvalue weighted by atomic mass is 9.99. The summed E-state index contributed by atoms with van der Waals surface area (Å²) in [6.45, 7) is 5.09. The molecule has 0 aliphatic carbocycles. The molecule has 1 fully saturated rings. The standard InChI is InChI=1S/C44H57N7O9/c1-27(2)37-41(56)46-34(23-20-29-18-21-32(52)22-19-29)42(57)51(4)28(3)38(53)47-35(25-30-13-7-5-8-14-30)39(54)45-24-12-11-17-33(40(55)50-37)48-44(60)49-36(43(58)59)26-31-15-9-6-10-16-31/h5-10,13-16,18-19,21-22,27-28,33-37,52H,11-12,17,20,23-26H2,1-4H3,(H,45,54)(H,46,56)(H,47,53)(H,50,55)(H,58,59)(H2,48,49,60)/t28-,33-,34-,35-,36+,37+/m0/s1. The van der Waals surface area contributed by atoms with Crippen molar-refractivity contribution in [1.82, 2.24) is 36.8 Å². The number of carbonyl (C=O) groups is 7. The molecule has 1 aliphatic rings. The third-order valence-corrected chi connectivity index (χ3v) is 10.5. The van der Waals surface area contributed by atoms with Crippen molar-refractivity contribution in [2.75, 3.05) is 13.6 Å². The lowest BCUT2D eigenvalue weighted by Crippen LogP contribution is -2.60. The number of hydrogen-bond donors (Lipinski definition) is 8. The molecule has 1 saturated heterocycles. The number of aliphatic carboxylic acids is 1. The fraction of sp³-hybridized carbons (Fsp3) is 0.432. The van der Waals surface area contributed by atoms with Gasteiger partial charge in [-0.25, -0.2) is 9.59 Å². The highest BCUT2D eigenvalue weighted by Gasteiger charge is 2.35. The summed E-state index contributed by atoms with van der Waals surface area (Å²) in [6, 6.07) is 16.4. The maximum Gasteiger partial charge on any atom is 0.326 e. The summed E-state index contributed by atoms with van der Waals surface area (Å²) in [4.78, 5) is 96.2. The van der Waals surface area contributed by atoms with E-state index in [4.69, 9.17) is 0 Å². The van der Waals surface area contributed by atoms with E-state index in [-0.39, 0.29) is 38.0 Å². The largest absolute Gasteiger partial charge is 0.508 e. The van der Waals surface area contributed by atoms with Crippen molar-refractivity contribution >= 4 is 41.5 Å². The van der Waals surface area contributed by atoms with Crippen LogP contribution in [0.4, 0.5) is 4.79 Å². The summed E-state index contributed by atoms with van der Waals surface area (Å²) in [5, 5.41) is 35.9. The van der Waals surface area contributed by atoms with Gasteiger partial charge in [-0.2, -0.15) is 0 Å². The van der Waals surface area contributed by atoms with Crippen LogP contribution in [0.3, 0.4) is 0 Å². The molecule has 3 aromatic carbocycles. The second-order valence-corrected chi connectivity index (χ2v) is 15.4. The van der Waals surface area contributed by atoms with Crippen molar-refractivity contribution in [2.45, 2.75) is 102 Å². The number of phenols is 1. The molecule has 0 saturated carbocycles. The number of aryl methyl sites for hydroxylation is 1. The molecule has 0 radical (unpaired) electrons. The van der Waals surface area contributed by atoms with E-state index < -0.39 is 83.7 Å². The Kier molecular flexibility index (Phi) is 17.4. The van der Waals surface area contributed by atoms with Gasteiger partial charge in [0.25, 0.3) is 0 Å². The van der Waals surface area contributed by atoms with Crippen molar-refractivity contribution in [2.24, 2.45) is 5.92 Å². The highest BCUT2D eigenvalue weighted by Crippen LogP contribution is 2.15. The molecule has 16 heteroatoms. The first-order chi connectivity index (χ1) is 28.6. The molecule has 1 heterocycles. The molecule has 322 valence electrons. The Morgan fingerprint density at radius 2 is 1.38 bits per heavy atom. The number of hydrogen-bond acceptors (Lipinski definition) is 8. The summed E-state index contributed by atoms with van der Waals surface area (Å²) in [7, 11) is 1.43. The van der Waals surface area contributed by atoms with Crippen molar-refractivity contribution < 1.29 is 43.8 Å². The van der Waals surface area contributed by atoms with Crippen LogP contribution in [0.15, 0.2) is 84.9 Å². The number of urea groups is 1. The monoisotopic (exact) mass is 827 g/mol.